The third-order valence-corrected chi connectivity index (χ3v) is 8.81. The number of hydrogen-bond donors (Lipinski definition) is 0. The summed E-state index contributed by atoms with van der Waals surface area (Å²) >= 11 is 6.99. The highest BCUT2D eigenvalue weighted by Gasteiger charge is 2.42. The van der Waals surface area contributed by atoms with Gasteiger partial charge in [0.15, 0.2) is 12.6 Å². The van der Waals surface area contributed by atoms with Crippen LogP contribution in [0.4, 0.5) is 0 Å². The molecule has 1 saturated carbocycles. The largest absolute Gasteiger partial charge is 0.469 e. The molecule has 2 unspecified atom stereocenters. The van der Waals surface area contributed by atoms with Crippen LogP contribution in [0, 0.1) is 11.8 Å². The van der Waals surface area contributed by atoms with Crippen molar-refractivity contribution >= 4 is 17.6 Å². The number of ether oxygens (including phenoxy) is 5. The van der Waals surface area contributed by atoms with Gasteiger partial charge in [0.25, 0.3) is 0 Å². The lowest BCUT2D eigenvalue weighted by Crippen LogP contribution is -2.31. The summed E-state index contributed by atoms with van der Waals surface area (Å²) in [6, 6.07) is 0. The molecule has 3 aliphatic rings. The Hall–Kier alpha value is -0.660. The van der Waals surface area contributed by atoms with Crippen molar-refractivity contribution in [3.05, 3.63) is 12.2 Å². The first-order valence-electron chi connectivity index (χ1n) is 15.5. The van der Waals surface area contributed by atoms with Crippen molar-refractivity contribution in [2.24, 2.45) is 11.8 Å². The molecule has 0 aromatic heterocycles. The number of hydrogen-bond acceptors (Lipinski definition) is 6. The lowest BCUT2D eigenvalue weighted by Gasteiger charge is -2.30. The van der Waals surface area contributed by atoms with Gasteiger partial charge < -0.3 is 23.7 Å². The lowest BCUT2D eigenvalue weighted by molar-refractivity contribution is -0.192. The van der Waals surface area contributed by atoms with Crippen molar-refractivity contribution in [2.45, 2.75) is 146 Å². The Labute approximate surface area is 236 Å². The predicted octanol–water partition coefficient (Wildman–Crippen LogP) is 7.70. The highest BCUT2D eigenvalue weighted by molar-refractivity contribution is 6.21. The Morgan fingerprint density at radius 1 is 0.974 bits per heavy atom. The lowest BCUT2D eigenvalue weighted by atomic mass is 9.88. The molecule has 2 heterocycles. The second-order valence-electron chi connectivity index (χ2n) is 11.3. The van der Waals surface area contributed by atoms with Gasteiger partial charge in [-0.3, -0.25) is 4.79 Å². The fourth-order valence-electron chi connectivity index (χ4n) is 6.05. The summed E-state index contributed by atoms with van der Waals surface area (Å²) < 4.78 is 29.6. The molecule has 0 aromatic carbocycles. The van der Waals surface area contributed by atoms with Crippen LogP contribution in [0.15, 0.2) is 12.2 Å². The predicted molar refractivity (Wildman–Crippen MR) is 151 cm³/mol. The summed E-state index contributed by atoms with van der Waals surface area (Å²) in [5.41, 5.74) is 0. The fourth-order valence-corrected chi connectivity index (χ4v) is 6.52. The Kier molecular flexibility index (Phi) is 15.6. The maximum atomic E-state index is 11.4. The summed E-state index contributed by atoms with van der Waals surface area (Å²) in [5, 5.41) is 0.0921. The first-order valence-corrected chi connectivity index (χ1v) is 16.0. The summed E-state index contributed by atoms with van der Waals surface area (Å²) in [6.45, 7) is 3.82. The quantitative estimate of drug-likeness (QED) is 0.0791. The van der Waals surface area contributed by atoms with E-state index in [1.54, 1.807) is 0 Å². The molecule has 220 valence electrons. The molecule has 2 aliphatic heterocycles. The number of alkyl halides is 1. The molecule has 0 radical (unpaired) electrons. The van der Waals surface area contributed by atoms with E-state index >= 15 is 0 Å². The summed E-state index contributed by atoms with van der Waals surface area (Å²) in [4.78, 5) is 11.4. The van der Waals surface area contributed by atoms with E-state index in [-0.39, 0.29) is 42.1 Å². The van der Waals surface area contributed by atoms with Crippen LogP contribution in [0.3, 0.4) is 0 Å². The average Bonchev–Trinajstić information content (AvgIpc) is 3.23. The van der Waals surface area contributed by atoms with Gasteiger partial charge in [-0.05, 0) is 70.1 Å². The van der Waals surface area contributed by atoms with Crippen LogP contribution in [-0.4, -0.2) is 56.5 Å². The Morgan fingerprint density at radius 3 is 2.39 bits per heavy atom. The second kappa shape index (κ2) is 18.6. The fraction of sp³-hybridized carbons (Fsp3) is 0.903. The first kappa shape index (κ1) is 31.9. The van der Waals surface area contributed by atoms with Crippen LogP contribution in [-0.2, 0) is 28.5 Å². The van der Waals surface area contributed by atoms with Gasteiger partial charge in [-0.2, -0.15) is 0 Å². The Bertz CT molecular complexity index is 661. The zero-order valence-electron chi connectivity index (χ0n) is 24.0. The van der Waals surface area contributed by atoms with Crippen molar-refractivity contribution in [1.82, 2.24) is 0 Å². The van der Waals surface area contributed by atoms with Crippen molar-refractivity contribution < 1.29 is 28.5 Å². The standard InChI is InChI=1S/C31H53ClO6/c1-3-4-7-14-24(37-30-17-10-12-21-35-30)19-20-26-25(15-8-5-6-9-16-29(33)34-2)27(32)23-28(26)38-31-18-11-13-22-36-31/h19-20,24-28,30-31H,3-18,21-23H2,1-2H3/b20-19+/t24-,25+,26+,27+,28+,30?,31?/m0/s1. The molecule has 7 heteroatoms. The maximum absolute atomic E-state index is 11.4. The molecule has 7 atom stereocenters. The van der Waals surface area contributed by atoms with E-state index in [9.17, 15) is 4.79 Å². The molecule has 3 rings (SSSR count). The molecule has 0 aromatic rings. The maximum Gasteiger partial charge on any atom is 0.305 e. The van der Waals surface area contributed by atoms with E-state index in [1.807, 2.05) is 0 Å². The molecule has 0 bridgehead atoms. The highest BCUT2D eigenvalue weighted by Crippen LogP contribution is 2.43. The number of carbonyl (C=O) groups excluding carboxylic acids is 1. The van der Waals surface area contributed by atoms with Gasteiger partial charge >= 0.3 is 5.97 Å². The van der Waals surface area contributed by atoms with Crippen molar-refractivity contribution in [1.29, 1.82) is 0 Å². The number of halogens is 1. The van der Waals surface area contributed by atoms with Gasteiger partial charge in [0.2, 0.25) is 0 Å². The SMILES string of the molecule is CCCCC[C@@H](/C=C/[C@@H]1[C@@H](CCCCCCC(=O)OC)[C@H](Cl)C[C@H]1OC1CCCCO1)OC1CCCCO1. The summed E-state index contributed by atoms with van der Waals surface area (Å²) in [7, 11) is 1.45. The molecule has 38 heavy (non-hydrogen) atoms. The monoisotopic (exact) mass is 556 g/mol. The Balaban J connectivity index is 1.61. The molecule has 0 N–H and O–H groups in total. The van der Waals surface area contributed by atoms with Crippen LogP contribution in [0.2, 0.25) is 0 Å². The van der Waals surface area contributed by atoms with E-state index in [1.165, 1.54) is 26.4 Å². The first-order chi connectivity index (χ1) is 18.6. The Morgan fingerprint density at radius 2 is 1.71 bits per heavy atom. The number of esters is 1. The minimum atomic E-state index is -0.119. The number of rotatable bonds is 17. The van der Waals surface area contributed by atoms with Crippen molar-refractivity contribution in [3.63, 3.8) is 0 Å². The van der Waals surface area contributed by atoms with Gasteiger partial charge in [-0.1, -0.05) is 57.6 Å². The van der Waals surface area contributed by atoms with Crippen LogP contribution >= 0.6 is 11.6 Å². The molecular formula is C31H53ClO6. The van der Waals surface area contributed by atoms with Crippen molar-refractivity contribution in [3.8, 4) is 0 Å². The van der Waals surface area contributed by atoms with Gasteiger partial charge in [0.1, 0.15) is 0 Å². The van der Waals surface area contributed by atoms with Gasteiger partial charge in [0.05, 0.1) is 19.3 Å². The second-order valence-corrected chi connectivity index (χ2v) is 11.9. The number of unbranched alkanes of at least 4 members (excludes halogenated alkanes) is 5. The zero-order chi connectivity index (χ0) is 27.0. The molecule has 0 spiro atoms. The number of methoxy groups -OCH3 is 1. The van der Waals surface area contributed by atoms with Crippen LogP contribution in [0.1, 0.15) is 116 Å². The third kappa shape index (κ3) is 11.4. The minimum absolute atomic E-state index is 0.0598. The van der Waals surface area contributed by atoms with Crippen LogP contribution in [0.5, 0.6) is 0 Å². The van der Waals surface area contributed by atoms with Gasteiger partial charge in [0, 0.05) is 30.9 Å². The normalized spacial score (nSPS) is 31.0. The highest BCUT2D eigenvalue weighted by atomic mass is 35.5. The molecule has 0 amide bonds. The van der Waals surface area contributed by atoms with E-state index in [0.717, 1.165) is 96.7 Å². The minimum Gasteiger partial charge on any atom is -0.469 e. The van der Waals surface area contributed by atoms with Crippen molar-refractivity contribution in [2.75, 3.05) is 20.3 Å². The van der Waals surface area contributed by atoms with E-state index in [4.69, 9.17) is 35.3 Å². The van der Waals surface area contributed by atoms with Crippen LogP contribution < -0.4 is 0 Å². The smallest absolute Gasteiger partial charge is 0.305 e. The third-order valence-electron chi connectivity index (χ3n) is 8.31. The van der Waals surface area contributed by atoms with E-state index in [2.05, 4.69) is 19.1 Å². The topological polar surface area (TPSA) is 63.2 Å². The molecule has 2 saturated heterocycles. The van der Waals surface area contributed by atoms with E-state index < -0.39 is 0 Å². The zero-order valence-corrected chi connectivity index (χ0v) is 24.7. The van der Waals surface area contributed by atoms with E-state index in [0.29, 0.717) is 12.3 Å². The number of carbonyl (C=O) groups is 1. The van der Waals surface area contributed by atoms with Crippen LogP contribution in [0.25, 0.3) is 0 Å². The summed E-state index contributed by atoms with van der Waals surface area (Å²) in [5.74, 6) is 0.498. The molecular weight excluding hydrogens is 504 g/mol. The van der Waals surface area contributed by atoms with Gasteiger partial charge in [-0.25, -0.2) is 0 Å². The molecule has 6 nitrogen and oxygen atoms in total. The average molecular weight is 557 g/mol. The molecule has 3 fully saturated rings. The van der Waals surface area contributed by atoms with Gasteiger partial charge in [-0.15, -0.1) is 11.6 Å². The molecule has 1 aliphatic carbocycles. The summed E-state index contributed by atoms with van der Waals surface area (Å²) in [6.07, 6.45) is 22.3.